The summed E-state index contributed by atoms with van der Waals surface area (Å²) < 4.78 is 0. The molecule has 0 radical (unpaired) electrons. The monoisotopic (exact) mass is 306 g/mol. The topological polar surface area (TPSA) is 60.3 Å². The minimum Gasteiger partial charge on any atom is -0.380 e. The fourth-order valence-corrected chi connectivity index (χ4v) is 2.83. The van der Waals surface area contributed by atoms with Crippen molar-refractivity contribution >= 4 is 17.1 Å². The quantitative estimate of drug-likeness (QED) is 0.707. The molecule has 1 unspecified atom stereocenters. The number of nitrogens with one attached hydrogen (secondary N) is 3. The number of rotatable bonds is 4. The third kappa shape index (κ3) is 2.97. The van der Waals surface area contributed by atoms with Crippen molar-refractivity contribution in [3.63, 3.8) is 0 Å². The summed E-state index contributed by atoms with van der Waals surface area (Å²) in [6, 6.07) is 16.7. The van der Waals surface area contributed by atoms with Crippen LogP contribution < -0.4 is 10.6 Å². The second-order valence-electron chi connectivity index (χ2n) is 5.85. The summed E-state index contributed by atoms with van der Waals surface area (Å²) in [5, 5.41) is 10.9. The lowest BCUT2D eigenvalue weighted by Crippen LogP contribution is -2.26. The van der Waals surface area contributed by atoms with Gasteiger partial charge in [0.15, 0.2) is 0 Å². The molecule has 0 aromatic heterocycles. The summed E-state index contributed by atoms with van der Waals surface area (Å²) in [6.45, 7) is 5.06. The van der Waals surface area contributed by atoms with Gasteiger partial charge >= 0.3 is 0 Å². The number of nitrogens with zero attached hydrogens (tertiary/aromatic N) is 1. The first-order chi connectivity index (χ1) is 11.2. The SMILES string of the molecule is CCC(C)N/C1=C(\N=N)c2ccccc2NCc2ccccc21. The van der Waals surface area contributed by atoms with Crippen LogP contribution in [0.5, 0.6) is 0 Å². The molecule has 3 rings (SSSR count). The molecule has 3 N–H and O–H groups in total. The number of fused-ring (bicyclic) bond motifs is 2. The maximum atomic E-state index is 7.77. The summed E-state index contributed by atoms with van der Waals surface area (Å²) in [5.41, 5.74) is 13.7. The molecule has 1 atom stereocenters. The molecule has 0 fully saturated rings. The van der Waals surface area contributed by atoms with Crippen molar-refractivity contribution in [3.8, 4) is 0 Å². The minimum atomic E-state index is 0.314. The van der Waals surface area contributed by atoms with Crippen LogP contribution in [0.1, 0.15) is 37.0 Å². The molecule has 1 heterocycles. The molecule has 2 aromatic carbocycles. The van der Waals surface area contributed by atoms with Crippen molar-refractivity contribution in [1.29, 1.82) is 5.53 Å². The first-order valence-corrected chi connectivity index (χ1v) is 8.04. The Balaban J connectivity index is 2.26. The second-order valence-corrected chi connectivity index (χ2v) is 5.85. The summed E-state index contributed by atoms with van der Waals surface area (Å²) in [6.07, 6.45) is 1.01. The van der Waals surface area contributed by atoms with E-state index in [1.54, 1.807) is 0 Å². The van der Waals surface area contributed by atoms with E-state index in [4.69, 9.17) is 5.53 Å². The zero-order valence-electron chi connectivity index (χ0n) is 13.6. The Kier molecular flexibility index (Phi) is 4.42. The maximum absolute atomic E-state index is 7.77. The summed E-state index contributed by atoms with van der Waals surface area (Å²) in [7, 11) is 0. The maximum Gasteiger partial charge on any atom is 0.118 e. The van der Waals surface area contributed by atoms with Crippen LogP contribution in [0.3, 0.4) is 0 Å². The highest BCUT2D eigenvalue weighted by molar-refractivity contribution is 5.94. The lowest BCUT2D eigenvalue weighted by Gasteiger charge is -2.25. The Morgan fingerprint density at radius 3 is 2.57 bits per heavy atom. The van der Waals surface area contributed by atoms with Crippen molar-refractivity contribution in [1.82, 2.24) is 5.32 Å². The van der Waals surface area contributed by atoms with Crippen molar-refractivity contribution in [2.24, 2.45) is 5.11 Å². The van der Waals surface area contributed by atoms with Crippen molar-refractivity contribution < 1.29 is 0 Å². The Bertz CT molecular complexity index is 749. The average molecular weight is 306 g/mol. The Labute approximate surface area is 137 Å². The van der Waals surface area contributed by atoms with E-state index in [9.17, 15) is 0 Å². The molecule has 23 heavy (non-hydrogen) atoms. The van der Waals surface area contributed by atoms with Gasteiger partial charge in [-0.3, -0.25) is 0 Å². The van der Waals surface area contributed by atoms with Crippen LogP contribution in [0.4, 0.5) is 5.69 Å². The van der Waals surface area contributed by atoms with Gasteiger partial charge in [0.1, 0.15) is 5.70 Å². The molecule has 0 amide bonds. The lowest BCUT2D eigenvalue weighted by atomic mass is 9.96. The molecule has 0 spiro atoms. The summed E-state index contributed by atoms with van der Waals surface area (Å²) in [5.74, 6) is 0. The molecule has 0 saturated heterocycles. The molecule has 1 aliphatic rings. The van der Waals surface area contributed by atoms with Gasteiger partial charge in [0, 0.05) is 29.4 Å². The average Bonchev–Trinajstić information content (AvgIpc) is 2.59. The minimum absolute atomic E-state index is 0.314. The van der Waals surface area contributed by atoms with Crippen LogP contribution in [0.15, 0.2) is 53.6 Å². The molecular weight excluding hydrogens is 284 g/mol. The standard InChI is InChI=1S/C19H22N4/c1-3-13(2)22-18-15-9-5-4-8-14(15)12-21-17-11-7-6-10-16(17)19(18)23-20/h4-11,13,20-22H,3,12H2,1-2H3/b19-18-,23-20?. The van der Waals surface area contributed by atoms with E-state index in [1.807, 2.05) is 36.4 Å². The molecule has 4 nitrogen and oxygen atoms in total. The summed E-state index contributed by atoms with van der Waals surface area (Å²) >= 11 is 0. The fraction of sp³-hybridized carbons (Fsp3) is 0.263. The first-order valence-electron chi connectivity index (χ1n) is 8.04. The molecule has 1 aliphatic heterocycles. The van der Waals surface area contributed by atoms with E-state index in [1.165, 1.54) is 5.56 Å². The second kappa shape index (κ2) is 6.65. The van der Waals surface area contributed by atoms with Crippen LogP contribution in [-0.4, -0.2) is 6.04 Å². The Morgan fingerprint density at radius 1 is 1.13 bits per heavy atom. The van der Waals surface area contributed by atoms with Gasteiger partial charge in [-0.2, -0.15) is 5.11 Å². The van der Waals surface area contributed by atoms with E-state index in [0.29, 0.717) is 11.7 Å². The number of anilines is 1. The molecule has 118 valence electrons. The number of hydrogen-bond acceptors (Lipinski definition) is 4. The highest BCUT2D eigenvalue weighted by Crippen LogP contribution is 2.34. The number of para-hydroxylation sites is 1. The Morgan fingerprint density at radius 2 is 1.83 bits per heavy atom. The zero-order valence-corrected chi connectivity index (χ0v) is 13.6. The van der Waals surface area contributed by atoms with Crippen molar-refractivity contribution in [3.05, 3.63) is 65.2 Å². The van der Waals surface area contributed by atoms with Crippen molar-refractivity contribution in [2.45, 2.75) is 32.9 Å². The molecule has 2 aromatic rings. The van der Waals surface area contributed by atoms with Gasteiger partial charge in [0.2, 0.25) is 0 Å². The van der Waals surface area contributed by atoms with Gasteiger partial charge in [0.05, 0.1) is 5.70 Å². The van der Waals surface area contributed by atoms with Crippen LogP contribution in [0.25, 0.3) is 11.4 Å². The lowest BCUT2D eigenvalue weighted by molar-refractivity contribution is 0.629. The van der Waals surface area contributed by atoms with Gasteiger partial charge in [0.25, 0.3) is 0 Å². The smallest absolute Gasteiger partial charge is 0.118 e. The predicted molar refractivity (Wildman–Crippen MR) is 95.1 cm³/mol. The van der Waals surface area contributed by atoms with E-state index < -0.39 is 0 Å². The third-order valence-corrected chi connectivity index (χ3v) is 4.29. The fourth-order valence-electron chi connectivity index (χ4n) is 2.83. The Hall–Kier alpha value is -2.62. The molecule has 0 saturated carbocycles. The van der Waals surface area contributed by atoms with E-state index in [0.717, 1.165) is 35.5 Å². The molecule has 4 heteroatoms. The molecule has 0 aliphatic carbocycles. The largest absolute Gasteiger partial charge is 0.380 e. The van der Waals surface area contributed by atoms with Gasteiger partial charge in [-0.1, -0.05) is 49.4 Å². The number of benzene rings is 2. The van der Waals surface area contributed by atoms with Crippen LogP contribution in [0, 0.1) is 5.53 Å². The van der Waals surface area contributed by atoms with Gasteiger partial charge < -0.3 is 10.6 Å². The summed E-state index contributed by atoms with van der Waals surface area (Å²) in [4.78, 5) is 0. The highest BCUT2D eigenvalue weighted by Gasteiger charge is 2.20. The highest BCUT2D eigenvalue weighted by atomic mass is 15.0. The number of hydrogen-bond donors (Lipinski definition) is 3. The van der Waals surface area contributed by atoms with E-state index in [2.05, 4.69) is 41.7 Å². The van der Waals surface area contributed by atoms with Gasteiger partial charge in [-0.25, -0.2) is 5.53 Å². The van der Waals surface area contributed by atoms with E-state index >= 15 is 0 Å². The normalized spacial score (nSPS) is 17.8. The van der Waals surface area contributed by atoms with Crippen LogP contribution >= 0.6 is 0 Å². The van der Waals surface area contributed by atoms with Gasteiger partial charge in [-0.15, -0.1) is 0 Å². The van der Waals surface area contributed by atoms with E-state index in [-0.39, 0.29) is 0 Å². The zero-order chi connectivity index (χ0) is 16.2. The first kappa shape index (κ1) is 15.3. The van der Waals surface area contributed by atoms with Crippen LogP contribution in [-0.2, 0) is 6.54 Å². The predicted octanol–water partition coefficient (Wildman–Crippen LogP) is 4.86. The van der Waals surface area contributed by atoms with Crippen LogP contribution in [0.2, 0.25) is 0 Å². The molecular formula is C19H22N4. The van der Waals surface area contributed by atoms with Crippen molar-refractivity contribution in [2.75, 3.05) is 5.32 Å². The molecule has 0 bridgehead atoms. The van der Waals surface area contributed by atoms with Gasteiger partial charge in [-0.05, 0) is 25.0 Å². The third-order valence-electron chi connectivity index (χ3n) is 4.29.